The van der Waals surface area contributed by atoms with Gasteiger partial charge in [-0.2, -0.15) is 0 Å². The molecule has 0 saturated heterocycles. The van der Waals surface area contributed by atoms with Gasteiger partial charge in [0.2, 0.25) is 0 Å². The number of pyridine rings is 1. The number of hydrogen-bond acceptors (Lipinski definition) is 3. The second kappa shape index (κ2) is 7.24. The van der Waals surface area contributed by atoms with Crippen LogP contribution < -0.4 is 0 Å². The third kappa shape index (κ3) is 4.57. The lowest BCUT2D eigenvalue weighted by Gasteiger charge is -2.24. The molecule has 0 spiro atoms. The SMILES string of the molecule is CC(C)CN(C(=O)c1ccc(C#CCCO)cn1)C1CC1. The molecule has 21 heavy (non-hydrogen) atoms. The first-order chi connectivity index (χ1) is 10.1. The Kier molecular flexibility index (Phi) is 5.35. The molecule has 1 aromatic rings. The van der Waals surface area contributed by atoms with Crippen LogP contribution in [0, 0.1) is 17.8 Å². The summed E-state index contributed by atoms with van der Waals surface area (Å²) in [7, 11) is 0. The lowest BCUT2D eigenvalue weighted by molar-refractivity contribution is 0.0716. The van der Waals surface area contributed by atoms with E-state index in [0.717, 1.165) is 24.9 Å². The number of nitrogens with zero attached hydrogens (tertiary/aromatic N) is 2. The fraction of sp³-hybridized carbons (Fsp3) is 0.529. The van der Waals surface area contributed by atoms with Gasteiger partial charge in [0, 0.05) is 30.8 Å². The molecule has 1 aliphatic rings. The highest BCUT2D eigenvalue weighted by Crippen LogP contribution is 2.28. The Morgan fingerprint density at radius 1 is 1.48 bits per heavy atom. The van der Waals surface area contributed by atoms with Gasteiger partial charge in [0.05, 0.1) is 6.61 Å². The van der Waals surface area contributed by atoms with Gasteiger partial charge in [-0.25, -0.2) is 4.98 Å². The summed E-state index contributed by atoms with van der Waals surface area (Å²) >= 11 is 0. The summed E-state index contributed by atoms with van der Waals surface area (Å²) in [6, 6.07) is 3.94. The standard InChI is InChI=1S/C17H22N2O2/c1-13(2)12-19(15-7-8-15)17(21)16-9-6-14(11-18-16)5-3-4-10-20/h6,9,11,13,15,20H,4,7-8,10,12H2,1-2H3. The molecule has 1 heterocycles. The van der Waals surface area contributed by atoms with Crippen molar-refractivity contribution >= 4 is 5.91 Å². The quantitative estimate of drug-likeness (QED) is 0.843. The van der Waals surface area contributed by atoms with E-state index in [-0.39, 0.29) is 12.5 Å². The summed E-state index contributed by atoms with van der Waals surface area (Å²) in [6.07, 6.45) is 4.27. The molecule has 112 valence electrons. The maximum absolute atomic E-state index is 12.5. The lowest BCUT2D eigenvalue weighted by atomic mass is 10.2. The largest absolute Gasteiger partial charge is 0.395 e. The van der Waals surface area contributed by atoms with Gasteiger partial charge in [0.1, 0.15) is 5.69 Å². The minimum atomic E-state index is 0.0149. The van der Waals surface area contributed by atoms with E-state index < -0.39 is 0 Å². The summed E-state index contributed by atoms with van der Waals surface area (Å²) in [5.41, 5.74) is 1.25. The Balaban J connectivity index is 2.06. The molecule has 0 unspecified atom stereocenters. The highest BCUT2D eigenvalue weighted by molar-refractivity contribution is 5.92. The number of aromatic nitrogens is 1. The highest BCUT2D eigenvalue weighted by atomic mass is 16.2. The first-order valence-electron chi connectivity index (χ1n) is 7.48. The van der Waals surface area contributed by atoms with Gasteiger partial charge in [-0.05, 0) is 30.9 Å². The first-order valence-corrected chi connectivity index (χ1v) is 7.48. The van der Waals surface area contributed by atoms with Crippen molar-refractivity contribution in [3.05, 3.63) is 29.6 Å². The van der Waals surface area contributed by atoms with E-state index in [2.05, 4.69) is 30.7 Å². The third-order valence-corrected chi connectivity index (χ3v) is 3.26. The zero-order valence-electron chi connectivity index (χ0n) is 12.7. The average molecular weight is 286 g/mol. The van der Waals surface area contributed by atoms with Crippen LogP contribution in [0.4, 0.5) is 0 Å². The predicted molar refractivity (Wildman–Crippen MR) is 81.7 cm³/mol. The van der Waals surface area contributed by atoms with Crippen molar-refractivity contribution < 1.29 is 9.90 Å². The van der Waals surface area contributed by atoms with Crippen LogP contribution in [0.15, 0.2) is 18.3 Å². The molecule has 0 radical (unpaired) electrons. The molecular weight excluding hydrogens is 264 g/mol. The Labute approximate surface area is 126 Å². The molecule has 1 amide bonds. The van der Waals surface area contributed by atoms with Crippen molar-refractivity contribution in [1.29, 1.82) is 0 Å². The van der Waals surface area contributed by atoms with Gasteiger partial charge in [0.15, 0.2) is 0 Å². The van der Waals surface area contributed by atoms with E-state index in [1.807, 2.05) is 11.0 Å². The van der Waals surface area contributed by atoms with Crippen molar-refractivity contribution in [1.82, 2.24) is 9.88 Å². The summed E-state index contributed by atoms with van der Waals surface area (Å²) in [4.78, 5) is 18.7. The van der Waals surface area contributed by atoms with Gasteiger partial charge in [0.25, 0.3) is 5.91 Å². The van der Waals surface area contributed by atoms with Crippen molar-refractivity contribution in [2.75, 3.05) is 13.2 Å². The molecule has 1 N–H and O–H groups in total. The topological polar surface area (TPSA) is 53.4 Å². The number of amides is 1. The van der Waals surface area contributed by atoms with Gasteiger partial charge < -0.3 is 10.0 Å². The van der Waals surface area contributed by atoms with Crippen LogP contribution in [-0.2, 0) is 0 Å². The Hall–Kier alpha value is -1.86. The summed E-state index contributed by atoms with van der Waals surface area (Å²) < 4.78 is 0. The molecule has 0 aliphatic heterocycles. The maximum Gasteiger partial charge on any atom is 0.272 e. The third-order valence-electron chi connectivity index (χ3n) is 3.26. The number of hydrogen-bond donors (Lipinski definition) is 1. The van der Waals surface area contributed by atoms with E-state index in [1.165, 1.54) is 0 Å². The van der Waals surface area contributed by atoms with Crippen molar-refractivity contribution in [3.8, 4) is 11.8 Å². The van der Waals surface area contributed by atoms with E-state index in [4.69, 9.17) is 5.11 Å². The number of aliphatic hydroxyl groups is 1. The van der Waals surface area contributed by atoms with Crippen molar-refractivity contribution in [2.45, 2.75) is 39.2 Å². The predicted octanol–water partition coefficient (Wildman–Crippen LogP) is 2.08. The molecule has 1 aromatic heterocycles. The second-order valence-electron chi connectivity index (χ2n) is 5.79. The van der Waals surface area contributed by atoms with Gasteiger partial charge in [-0.3, -0.25) is 4.79 Å². The van der Waals surface area contributed by atoms with Gasteiger partial charge in [-0.1, -0.05) is 25.7 Å². The number of rotatable bonds is 5. The Morgan fingerprint density at radius 3 is 2.76 bits per heavy atom. The molecular formula is C17H22N2O2. The van der Waals surface area contributed by atoms with Gasteiger partial charge >= 0.3 is 0 Å². The zero-order valence-corrected chi connectivity index (χ0v) is 12.7. The number of carbonyl (C=O) groups is 1. The van der Waals surface area contributed by atoms with E-state index in [9.17, 15) is 4.79 Å². The van der Waals surface area contributed by atoms with Crippen LogP contribution in [0.1, 0.15) is 49.2 Å². The fourth-order valence-electron chi connectivity index (χ4n) is 2.14. The van der Waals surface area contributed by atoms with Gasteiger partial charge in [-0.15, -0.1) is 0 Å². The van der Waals surface area contributed by atoms with E-state index in [1.54, 1.807) is 12.3 Å². The Morgan fingerprint density at radius 2 is 2.24 bits per heavy atom. The number of aliphatic hydroxyl groups excluding tert-OH is 1. The number of carbonyl (C=O) groups excluding carboxylic acids is 1. The van der Waals surface area contributed by atoms with Crippen LogP contribution in [0.2, 0.25) is 0 Å². The monoisotopic (exact) mass is 286 g/mol. The summed E-state index contributed by atoms with van der Waals surface area (Å²) in [6.45, 7) is 5.08. The van der Waals surface area contributed by atoms with Crippen LogP contribution in [-0.4, -0.2) is 40.1 Å². The van der Waals surface area contributed by atoms with Crippen LogP contribution >= 0.6 is 0 Å². The highest BCUT2D eigenvalue weighted by Gasteiger charge is 2.33. The van der Waals surface area contributed by atoms with E-state index >= 15 is 0 Å². The second-order valence-corrected chi connectivity index (χ2v) is 5.79. The molecule has 0 bridgehead atoms. The fourth-order valence-corrected chi connectivity index (χ4v) is 2.14. The Bertz CT molecular complexity index is 536. The average Bonchev–Trinajstić information content (AvgIpc) is 3.29. The molecule has 4 nitrogen and oxygen atoms in total. The minimum absolute atomic E-state index is 0.0149. The molecule has 1 aliphatic carbocycles. The van der Waals surface area contributed by atoms with Crippen molar-refractivity contribution in [2.24, 2.45) is 5.92 Å². The minimum Gasteiger partial charge on any atom is -0.395 e. The summed E-state index contributed by atoms with van der Waals surface area (Å²) in [5, 5.41) is 8.68. The first kappa shape index (κ1) is 15.5. The molecule has 0 atom stereocenters. The molecule has 4 heteroatoms. The smallest absolute Gasteiger partial charge is 0.272 e. The van der Waals surface area contributed by atoms with Crippen LogP contribution in [0.5, 0.6) is 0 Å². The van der Waals surface area contributed by atoms with Crippen LogP contribution in [0.3, 0.4) is 0 Å². The normalized spacial score (nSPS) is 13.7. The molecule has 0 aromatic carbocycles. The van der Waals surface area contributed by atoms with E-state index in [0.29, 0.717) is 24.1 Å². The zero-order chi connectivity index (χ0) is 15.2. The summed E-state index contributed by atoms with van der Waals surface area (Å²) in [5.74, 6) is 6.22. The molecule has 1 fully saturated rings. The van der Waals surface area contributed by atoms with Crippen LogP contribution in [0.25, 0.3) is 0 Å². The maximum atomic E-state index is 12.5. The lowest BCUT2D eigenvalue weighted by Crippen LogP contribution is -2.36. The molecule has 1 saturated carbocycles. The molecule has 2 rings (SSSR count). The van der Waals surface area contributed by atoms with Crippen molar-refractivity contribution in [3.63, 3.8) is 0 Å².